The van der Waals surface area contributed by atoms with Gasteiger partial charge in [-0.05, 0) is 41.3 Å². The number of rotatable bonds is 5. The van der Waals surface area contributed by atoms with E-state index in [4.69, 9.17) is 0 Å². The van der Waals surface area contributed by atoms with Gasteiger partial charge in [0.2, 0.25) is 5.91 Å². The second-order valence-electron chi connectivity index (χ2n) is 7.95. The zero-order chi connectivity index (χ0) is 20.9. The van der Waals surface area contributed by atoms with E-state index < -0.39 is 0 Å². The molecule has 1 aliphatic rings. The summed E-state index contributed by atoms with van der Waals surface area (Å²) in [5, 5.41) is 18.3. The van der Waals surface area contributed by atoms with Gasteiger partial charge in [-0.15, -0.1) is 0 Å². The SMILES string of the molecule is O=C(Cc1ccc2ccccc2c1)Nc1ccc(C(=O)NC2CCCCC2)c(O)c1. The molecule has 0 bridgehead atoms. The number of amides is 2. The van der Waals surface area contributed by atoms with Gasteiger partial charge in [-0.2, -0.15) is 0 Å². The highest BCUT2D eigenvalue weighted by Gasteiger charge is 2.19. The van der Waals surface area contributed by atoms with E-state index >= 15 is 0 Å². The van der Waals surface area contributed by atoms with Gasteiger partial charge in [0.25, 0.3) is 5.91 Å². The number of benzene rings is 3. The van der Waals surface area contributed by atoms with Crippen LogP contribution in [-0.4, -0.2) is 23.0 Å². The molecule has 3 N–H and O–H groups in total. The van der Waals surface area contributed by atoms with Gasteiger partial charge in [0, 0.05) is 17.8 Å². The lowest BCUT2D eigenvalue weighted by molar-refractivity contribution is -0.115. The Bertz CT molecular complexity index is 1070. The highest BCUT2D eigenvalue weighted by atomic mass is 16.3. The van der Waals surface area contributed by atoms with Crippen molar-refractivity contribution in [3.05, 3.63) is 71.8 Å². The Morgan fingerprint density at radius 1 is 0.900 bits per heavy atom. The van der Waals surface area contributed by atoms with E-state index in [9.17, 15) is 14.7 Å². The smallest absolute Gasteiger partial charge is 0.255 e. The fraction of sp³-hybridized carbons (Fsp3) is 0.280. The van der Waals surface area contributed by atoms with Crippen molar-refractivity contribution >= 4 is 28.3 Å². The number of carbonyl (C=O) groups is 2. The molecule has 5 nitrogen and oxygen atoms in total. The van der Waals surface area contributed by atoms with E-state index in [1.807, 2.05) is 42.5 Å². The summed E-state index contributed by atoms with van der Waals surface area (Å²) in [7, 11) is 0. The molecule has 0 unspecified atom stereocenters. The number of phenolic OH excluding ortho intramolecular Hbond substituents is 1. The quantitative estimate of drug-likeness (QED) is 0.574. The van der Waals surface area contributed by atoms with Gasteiger partial charge in [-0.25, -0.2) is 0 Å². The Kier molecular flexibility index (Phi) is 5.98. The molecule has 0 spiro atoms. The van der Waals surface area contributed by atoms with Crippen LogP contribution < -0.4 is 10.6 Å². The lowest BCUT2D eigenvalue weighted by Gasteiger charge is -2.23. The number of aromatic hydroxyl groups is 1. The minimum atomic E-state index is -0.270. The van der Waals surface area contributed by atoms with E-state index in [1.165, 1.54) is 12.5 Å². The third-order valence-corrected chi connectivity index (χ3v) is 5.65. The third kappa shape index (κ3) is 4.79. The summed E-state index contributed by atoms with van der Waals surface area (Å²) < 4.78 is 0. The van der Waals surface area contributed by atoms with Crippen LogP contribution in [0, 0.1) is 0 Å². The first-order valence-corrected chi connectivity index (χ1v) is 10.5. The van der Waals surface area contributed by atoms with Gasteiger partial charge in [0.15, 0.2) is 0 Å². The van der Waals surface area contributed by atoms with E-state index in [2.05, 4.69) is 10.6 Å². The molecule has 154 valence electrons. The molecule has 30 heavy (non-hydrogen) atoms. The Morgan fingerprint density at radius 2 is 1.67 bits per heavy atom. The minimum absolute atomic E-state index is 0.133. The molecular formula is C25H26N2O3. The van der Waals surface area contributed by atoms with Crippen LogP contribution >= 0.6 is 0 Å². The van der Waals surface area contributed by atoms with E-state index in [-0.39, 0.29) is 35.6 Å². The van der Waals surface area contributed by atoms with Crippen LogP contribution in [0.5, 0.6) is 5.75 Å². The van der Waals surface area contributed by atoms with Gasteiger partial charge in [-0.1, -0.05) is 61.7 Å². The first kappa shape index (κ1) is 20.0. The summed E-state index contributed by atoms with van der Waals surface area (Å²) in [4.78, 5) is 24.9. The Morgan fingerprint density at radius 3 is 2.43 bits per heavy atom. The fourth-order valence-corrected chi connectivity index (χ4v) is 4.05. The lowest BCUT2D eigenvalue weighted by atomic mass is 9.95. The molecular weight excluding hydrogens is 376 g/mol. The molecule has 2 amide bonds. The average molecular weight is 402 g/mol. The highest BCUT2D eigenvalue weighted by molar-refractivity contribution is 5.99. The van der Waals surface area contributed by atoms with Gasteiger partial charge in [0.1, 0.15) is 5.75 Å². The lowest BCUT2D eigenvalue weighted by Crippen LogP contribution is -2.36. The molecule has 0 saturated heterocycles. The standard InChI is InChI=1S/C25H26N2O3/c28-23-16-21(12-13-22(23)25(30)27-20-8-2-1-3-9-20)26-24(29)15-17-10-11-18-6-4-5-7-19(18)14-17/h4-7,10-14,16,20,28H,1-3,8-9,15H2,(H,26,29)(H,27,30). The summed E-state index contributed by atoms with van der Waals surface area (Å²) in [6, 6.07) is 18.8. The number of carbonyl (C=O) groups excluding carboxylic acids is 2. The van der Waals surface area contributed by atoms with Crippen LogP contribution in [0.25, 0.3) is 10.8 Å². The number of hydrogen-bond donors (Lipinski definition) is 3. The first-order valence-electron chi connectivity index (χ1n) is 10.5. The van der Waals surface area contributed by atoms with E-state index in [0.29, 0.717) is 5.69 Å². The van der Waals surface area contributed by atoms with Crippen LogP contribution in [0.1, 0.15) is 48.0 Å². The Hall–Kier alpha value is -3.34. The molecule has 0 radical (unpaired) electrons. The second-order valence-corrected chi connectivity index (χ2v) is 7.95. The Labute approximate surface area is 176 Å². The topological polar surface area (TPSA) is 78.4 Å². The molecule has 3 aromatic rings. The molecule has 1 aliphatic carbocycles. The van der Waals surface area contributed by atoms with Gasteiger partial charge >= 0.3 is 0 Å². The molecule has 1 saturated carbocycles. The largest absolute Gasteiger partial charge is 0.507 e. The second kappa shape index (κ2) is 8.99. The van der Waals surface area contributed by atoms with Crippen molar-refractivity contribution in [2.75, 3.05) is 5.32 Å². The number of hydrogen-bond acceptors (Lipinski definition) is 3. The zero-order valence-corrected chi connectivity index (χ0v) is 16.9. The number of anilines is 1. The predicted molar refractivity (Wildman–Crippen MR) is 119 cm³/mol. The van der Waals surface area contributed by atoms with Crippen LogP contribution in [0.2, 0.25) is 0 Å². The molecule has 0 aromatic heterocycles. The number of nitrogens with one attached hydrogen (secondary N) is 2. The fourth-order valence-electron chi connectivity index (χ4n) is 4.05. The number of fused-ring (bicyclic) bond motifs is 1. The zero-order valence-electron chi connectivity index (χ0n) is 16.9. The molecule has 4 rings (SSSR count). The van der Waals surface area contributed by atoms with Crippen LogP contribution in [0.4, 0.5) is 5.69 Å². The molecule has 3 aromatic carbocycles. The first-order chi connectivity index (χ1) is 14.6. The van der Waals surface area contributed by atoms with E-state index in [0.717, 1.165) is 42.0 Å². The Balaban J connectivity index is 1.38. The van der Waals surface area contributed by atoms with Crippen molar-refractivity contribution < 1.29 is 14.7 Å². The third-order valence-electron chi connectivity index (χ3n) is 5.65. The van der Waals surface area contributed by atoms with Crippen molar-refractivity contribution in [1.82, 2.24) is 5.32 Å². The molecule has 0 aliphatic heterocycles. The maximum atomic E-state index is 12.5. The average Bonchev–Trinajstić information content (AvgIpc) is 2.74. The van der Waals surface area contributed by atoms with Crippen molar-refractivity contribution in [2.45, 2.75) is 44.6 Å². The molecule has 5 heteroatoms. The maximum absolute atomic E-state index is 12.5. The summed E-state index contributed by atoms with van der Waals surface area (Å²) in [5.41, 5.74) is 1.61. The summed E-state index contributed by atoms with van der Waals surface area (Å²) in [6.07, 6.45) is 5.66. The van der Waals surface area contributed by atoms with Gasteiger partial charge < -0.3 is 15.7 Å². The summed E-state index contributed by atoms with van der Waals surface area (Å²) in [6.45, 7) is 0. The summed E-state index contributed by atoms with van der Waals surface area (Å²) >= 11 is 0. The van der Waals surface area contributed by atoms with Gasteiger partial charge in [0.05, 0.1) is 12.0 Å². The molecule has 0 heterocycles. The molecule has 1 fully saturated rings. The highest BCUT2D eigenvalue weighted by Crippen LogP contribution is 2.24. The van der Waals surface area contributed by atoms with Crippen molar-refractivity contribution in [2.24, 2.45) is 0 Å². The van der Waals surface area contributed by atoms with Crippen LogP contribution in [0.3, 0.4) is 0 Å². The monoisotopic (exact) mass is 402 g/mol. The van der Waals surface area contributed by atoms with Gasteiger partial charge in [-0.3, -0.25) is 9.59 Å². The van der Waals surface area contributed by atoms with E-state index in [1.54, 1.807) is 12.1 Å². The maximum Gasteiger partial charge on any atom is 0.255 e. The van der Waals surface area contributed by atoms with Crippen molar-refractivity contribution in [1.29, 1.82) is 0 Å². The predicted octanol–water partition coefficient (Wildman–Crippen LogP) is 4.79. The minimum Gasteiger partial charge on any atom is -0.507 e. The van der Waals surface area contributed by atoms with Crippen molar-refractivity contribution in [3.8, 4) is 5.75 Å². The van der Waals surface area contributed by atoms with Crippen LogP contribution in [0.15, 0.2) is 60.7 Å². The number of phenols is 1. The summed E-state index contributed by atoms with van der Waals surface area (Å²) in [5.74, 6) is -0.579. The van der Waals surface area contributed by atoms with Crippen LogP contribution in [-0.2, 0) is 11.2 Å². The molecule has 0 atom stereocenters. The van der Waals surface area contributed by atoms with Crippen molar-refractivity contribution in [3.63, 3.8) is 0 Å². The normalized spacial score (nSPS) is 14.4.